The standard InChI is InChI=1S/C12H17N3O4/c1-7(2)9-6-13-15(8(3)16)10(9)11(17)14-4-5-19-12(14)18/h6-7,9-10H,4-5H2,1-3H3/t9-,10+/m0/s1. The zero-order valence-electron chi connectivity index (χ0n) is 11.2. The van der Waals surface area contributed by atoms with E-state index in [0.29, 0.717) is 0 Å². The van der Waals surface area contributed by atoms with Gasteiger partial charge >= 0.3 is 6.09 Å². The first kappa shape index (κ1) is 13.5. The molecule has 2 heterocycles. The van der Waals surface area contributed by atoms with Gasteiger partial charge in [-0.25, -0.2) is 14.7 Å². The number of ether oxygens (including phenoxy) is 1. The summed E-state index contributed by atoms with van der Waals surface area (Å²) < 4.78 is 4.76. The van der Waals surface area contributed by atoms with Gasteiger partial charge in [0.2, 0.25) is 5.91 Å². The zero-order valence-corrected chi connectivity index (χ0v) is 11.2. The molecule has 1 fully saturated rings. The minimum atomic E-state index is -0.747. The first-order chi connectivity index (χ1) is 8.93. The Kier molecular flexibility index (Phi) is 3.55. The van der Waals surface area contributed by atoms with Gasteiger partial charge in [-0.3, -0.25) is 9.59 Å². The summed E-state index contributed by atoms with van der Waals surface area (Å²) in [5, 5.41) is 5.15. The van der Waals surface area contributed by atoms with Crippen molar-refractivity contribution in [3.8, 4) is 0 Å². The molecular weight excluding hydrogens is 250 g/mol. The van der Waals surface area contributed by atoms with Gasteiger partial charge in [-0.15, -0.1) is 0 Å². The van der Waals surface area contributed by atoms with Crippen LogP contribution < -0.4 is 0 Å². The van der Waals surface area contributed by atoms with Crippen molar-refractivity contribution in [2.24, 2.45) is 16.9 Å². The fourth-order valence-corrected chi connectivity index (χ4v) is 2.30. The first-order valence-electron chi connectivity index (χ1n) is 6.25. The maximum absolute atomic E-state index is 12.4. The quantitative estimate of drug-likeness (QED) is 0.727. The van der Waals surface area contributed by atoms with Gasteiger partial charge in [0.05, 0.1) is 6.54 Å². The highest BCUT2D eigenvalue weighted by molar-refractivity contribution is 6.00. The SMILES string of the molecule is CC(=O)N1N=C[C@@H](C(C)C)[C@@H]1C(=O)N1CCOC1=O. The maximum Gasteiger partial charge on any atom is 0.416 e. The number of cyclic esters (lactones) is 1. The Labute approximate surface area is 111 Å². The van der Waals surface area contributed by atoms with E-state index in [2.05, 4.69) is 5.10 Å². The van der Waals surface area contributed by atoms with E-state index in [-0.39, 0.29) is 30.9 Å². The molecule has 0 spiro atoms. The average molecular weight is 267 g/mol. The van der Waals surface area contributed by atoms with Crippen molar-refractivity contribution in [3.63, 3.8) is 0 Å². The van der Waals surface area contributed by atoms with E-state index in [1.165, 1.54) is 6.92 Å². The predicted molar refractivity (Wildman–Crippen MR) is 66.2 cm³/mol. The van der Waals surface area contributed by atoms with Crippen molar-refractivity contribution in [3.05, 3.63) is 0 Å². The van der Waals surface area contributed by atoms with Gasteiger partial charge in [-0.2, -0.15) is 5.10 Å². The molecule has 3 amide bonds. The Morgan fingerprint density at radius 1 is 1.47 bits per heavy atom. The summed E-state index contributed by atoms with van der Waals surface area (Å²) in [5.41, 5.74) is 0. The van der Waals surface area contributed by atoms with E-state index >= 15 is 0 Å². The second-order valence-corrected chi connectivity index (χ2v) is 5.00. The third kappa shape index (κ3) is 2.32. The predicted octanol–water partition coefficient (Wildman–Crippen LogP) is 0.454. The van der Waals surface area contributed by atoms with Crippen molar-refractivity contribution >= 4 is 24.1 Å². The number of hydrogen-bond donors (Lipinski definition) is 0. The molecule has 0 aliphatic carbocycles. The molecule has 0 aromatic rings. The second-order valence-electron chi connectivity index (χ2n) is 5.00. The molecule has 0 aromatic heterocycles. The summed E-state index contributed by atoms with van der Waals surface area (Å²) in [5.74, 6) is -0.787. The van der Waals surface area contributed by atoms with Gasteiger partial charge in [-0.05, 0) is 5.92 Å². The van der Waals surface area contributed by atoms with E-state index in [9.17, 15) is 14.4 Å². The Hall–Kier alpha value is -1.92. The summed E-state index contributed by atoms with van der Waals surface area (Å²) in [6.07, 6.45) is 0.957. The monoisotopic (exact) mass is 267 g/mol. The van der Waals surface area contributed by atoms with E-state index < -0.39 is 18.0 Å². The lowest BCUT2D eigenvalue weighted by atomic mass is 9.89. The van der Waals surface area contributed by atoms with Gasteiger partial charge in [-0.1, -0.05) is 13.8 Å². The van der Waals surface area contributed by atoms with Crippen LogP contribution in [0, 0.1) is 11.8 Å². The number of imide groups is 1. The van der Waals surface area contributed by atoms with Crippen molar-refractivity contribution in [2.75, 3.05) is 13.2 Å². The lowest BCUT2D eigenvalue weighted by Gasteiger charge is -2.28. The van der Waals surface area contributed by atoms with Gasteiger partial charge in [0.15, 0.2) is 0 Å². The van der Waals surface area contributed by atoms with Gasteiger partial charge in [0, 0.05) is 19.1 Å². The van der Waals surface area contributed by atoms with Crippen LogP contribution in [-0.2, 0) is 14.3 Å². The van der Waals surface area contributed by atoms with Crippen molar-refractivity contribution in [2.45, 2.75) is 26.8 Å². The molecular formula is C12H17N3O4. The molecule has 2 rings (SSSR count). The first-order valence-corrected chi connectivity index (χ1v) is 6.25. The van der Waals surface area contributed by atoms with E-state index in [1.54, 1.807) is 6.21 Å². The smallest absolute Gasteiger partial charge is 0.416 e. The van der Waals surface area contributed by atoms with Gasteiger partial charge in [0.1, 0.15) is 12.6 Å². The minimum absolute atomic E-state index is 0.140. The minimum Gasteiger partial charge on any atom is -0.447 e. The van der Waals surface area contributed by atoms with Crippen LogP contribution in [0.15, 0.2) is 5.10 Å². The second kappa shape index (κ2) is 4.99. The summed E-state index contributed by atoms with van der Waals surface area (Å²) in [6, 6.07) is -0.747. The fraction of sp³-hybridized carbons (Fsp3) is 0.667. The van der Waals surface area contributed by atoms with Gasteiger partial charge in [0.25, 0.3) is 5.91 Å². The number of hydrogen-bond acceptors (Lipinski definition) is 5. The Morgan fingerprint density at radius 3 is 2.63 bits per heavy atom. The Balaban J connectivity index is 2.24. The van der Waals surface area contributed by atoms with Crippen molar-refractivity contribution in [1.82, 2.24) is 9.91 Å². The zero-order chi connectivity index (χ0) is 14.2. The molecule has 0 aromatic carbocycles. The molecule has 0 unspecified atom stereocenters. The highest BCUT2D eigenvalue weighted by Gasteiger charge is 2.45. The van der Waals surface area contributed by atoms with Gasteiger partial charge < -0.3 is 4.74 Å². The number of carbonyl (C=O) groups is 3. The Bertz CT molecular complexity index is 446. The number of amides is 3. The summed E-state index contributed by atoms with van der Waals surface area (Å²) in [6.45, 7) is 5.67. The molecule has 0 saturated carbocycles. The van der Waals surface area contributed by atoms with E-state index in [1.807, 2.05) is 13.8 Å². The molecule has 2 atom stereocenters. The molecule has 0 bridgehead atoms. The summed E-state index contributed by atoms with van der Waals surface area (Å²) in [4.78, 5) is 36.5. The van der Waals surface area contributed by atoms with Crippen molar-refractivity contribution < 1.29 is 19.1 Å². The van der Waals surface area contributed by atoms with Crippen LogP contribution in [0.5, 0.6) is 0 Å². The molecule has 2 aliphatic heterocycles. The van der Waals surface area contributed by atoms with E-state index in [0.717, 1.165) is 9.91 Å². The number of nitrogens with zero attached hydrogens (tertiary/aromatic N) is 3. The van der Waals surface area contributed by atoms with E-state index in [4.69, 9.17) is 4.74 Å². The van der Waals surface area contributed by atoms with Crippen LogP contribution >= 0.6 is 0 Å². The summed E-state index contributed by atoms with van der Waals surface area (Å²) in [7, 11) is 0. The third-order valence-electron chi connectivity index (χ3n) is 3.36. The molecule has 2 aliphatic rings. The largest absolute Gasteiger partial charge is 0.447 e. The normalized spacial score (nSPS) is 26.2. The molecule has 0 radical (unpaired) electrons. The Morgan fingerprint density at radius 2 is 2.16 bits per heavy atom. The number of hydrazone groups is 1. The average Bonchev–Trinajstić information content (AvgIpc) is 2.93. The van der Waals surface area contributed by atoms with Crippen LogP contribution in [0.3, 0.4) is 0 Å². The molecule has 104 valence electrons. The maximum atomic E-state index is 12.4. The lowest BCUT2D eigenvalue weighted by molar-refractivity contribution is -0.143. The lowest BCUT2D eigenvalue weighted by Crippen LogP contribution is -2.50. The molecule has 7 nitrogen and oxygen atoms in total. The highest BCUT2D eigenvalue weighted by Crippen LogP contribution is 2.27. The van der Waals surface area contributed by atoms with Crippen LogP contribution in [0.4, 0.5) is 4.79 Å². The number of carbonyl (C=O) groups excluding carboxylic acids is 3. The van der Waals surface area contributed by atoms with Crippen LogP contribution in [0.1, 0.15) is 20.8 Å². The van der Waals surface area contributed by atoms with Crippen LogP contribution in [0.2, 0.25) is 0 Å². The van der Waals surface area contributed by atoms with Crippen LogP contribution in [-0.4, -0.2) is 53.2 Å². The topological polar surface area (TPSA) is 79.3 Å². The third-order valence-corrected chi connectivity index (χ3v) is 3.36. The van der Waals surface area contributed by atoms with Crippen LogP contribution in [0.25, 0.3) is 0 Å². The number of rotatable bonds is 2. The highest BCUT2D eigenvalue weighted by atomic mass is 16.6. The fourth-order valence-electron chi connectivity index (χ4n) is 2.30. The molecule has 19 heavy (non-hydrogen) atoms. The molecule has 7 heteroatoms. The summed E-state index contributed by atoms with van der Waals surface area (Å²) >= 11 is 0. The molecule has 0 N–H and O–H groups in total. The van der Waals surface area contributed by atoms with Crippen molar-refractivity contribution in [1.29, 1.82) is 0 Å². The molecule has 1 saturated heterocycles.